The van der Waals surface area contributed by atoms with E-state index >= 15 is 0 Å². The number of halogens is 2. The fraction of sp³-hybridized carbons (Fsp3) is 0.105. The fourth-order valence-corrected chi connectivity index (χ4v) is 3.14. The molecule has 1 aliphatic rings. The van der Waals surface area contributed by atoms with Crippen LogP contribution in [0, 0.1) is 6.92 Å². The average molecular weight is 466 g/mol. The van der Waals surface area contributed by atoms with Gasteiger partial charge in [0.25, 0.3) is 11.8 Å². The maximum absolute atomic E-state index is 12.9. The van der Waals surface area contributed by atoms with Crippen LogP contribution in [0.3, 0.4) is 0 Å². The first-order valence-corrected chi connectivity index (χ1v) is 9.14. The van der Waals surface area contributed by atoms with Gasteiger partial charge in [0.2, 0.25) is 0 Å². The Balaban J connectivity index is 2.09. The van der Waals surface area contributed by atoms with Crippen LogP contribution in [0.15, 0.2) is 40.4 Å². The van der Waals surface area contributed by atoms with Gasteiger partial charge < -0.3 is 9.84 Å². The maximum atomic E-state index is 12.9. The SMILES string of the molecule is COc1cc(Cl)cc(/C=C2\C(=O)NC(=O)N(c3ccc(Br)c(C)c3)C2=O)c1O. The van der Waals surface area contributed by atoms with Crippen molar-refractivity contribution < 1.29 is 24.2 Å². The van der Waals surface area contributed by atoms with Crippen molar-refractivity contribution in [3.63, 3.8) is 0 Å². The van der Waals surface area contributed by atoms with E-state index in [0.717, 1.165) is 21.0 Å². The Labute approximate surface area is 173 Å². The summed E-state index contributed by atoms with van der Waals surface area (Å²) in [5.74, 6) is -1.91. The highest BCUT2D eigenvalue weighted by Gasteiger charge is 2.37. The van der Waals surface area contributed by atoms with E-state index in [1.807, 2.05) is 0 Å². The Bertz CT molecular complexity index is 1050. The van der Waals surface area contributed by atoms with Crippen molar-refractivity contribution >= 4 is 57.1 Å². The van der Waals surface area contributed by atoms with E-state index in [1.165, 1.54) is 19.2 Å². The summed E-state index contributed by atoms with van der Waals surface area (Å²) in [4.78, 5) is 38.3. The molecule has 0 saturated carbocycles. The summed E-state index contributed by atoms with van der Waals surface area (Å²) in [7, 11) is 1.34. The van der Waals surface area contributed by atoms with Crippen molar-refractivity contribution in [2.24, 2.45) is 0 Å². The summed E-state index contributed by atoms with van der Waals surface area (Å²) in [5.41, 5.74) is 0.871. The quantitative estimate of drug-likeness (QED) is 0.531. The smallest absolute Gasteiger partial charge is 0.335 e. The minimum Gasteiger partial charge on any atom is -0.504 e. The number of methoxy groups -OCH3 is 1. The number of urea groups is 1. The van der Waals surface area contributed by atoms with Crippen LogP contribution in [0.4, 0.5) is 10.5 Å². The predicted molar refractivity (Wildman–Crippen MR) is 108 cm³/mol. The first kappa shape index (κ1) is 19.9. The van der Waals surface area contributed by atoms with Crippen molar-refractivity contribution in [2.45, 2.75) is 6.92 Å². The molecular weight excluding hydrogens is 452 g/mol. The molecule has 144 valence electrons. The molecule has 0 bridgehead atoms. The van der Waals surface area contributed by atoms with Gasteiger partial charge in [-0.05, 0) is 42.8 Å². The lowest BCUT2D eigenvalue weighted by molar-refractivity contribution is -0.122. The number of amides is 4. The van der Waals surface area contributed by atoms with Gasteiger partial charge in [0.05, 0.1) is 12.8 Å². The van der Waals surface area contributed by atoms with E-state index in [1.54, 1.807) is 25.1 Å². The van der Waals surface area contributed by atoms with Crippen LogP contribution in [0.1, 0.15) is 11.1 Å². The summed E-state index contributed by atoms with van der Waals surface area (Å²) in [5, 5.41) is 12.6. The molecule has 2 N–H and O–H groups in total. The number of carbonyl (C=O) groups excluding carboxylic acids is 3. The number of ether oxygens (including phenoxy) is 1. The van der Waals surface area contributed by atoms with Gasteiger partial charge in [0.15, 0.2) is 11.5 Å². The zero-order valence-corrected chi connectivity index (χ0v) is 17.1. The molecule has 1 aliphatic heterocycles. The average Bonchev–Trinajstić information content (AvgIpc) is 2.63. The molecule has 2 aromatic carbocycles. The number of aromatic hydroxyl groups is 1. The van der Waals surface area contributed by atoms with Gasteiger partial charge in [-0.2, -0.15) is 0 Å². The Morgan fingerprint density at radius 2 is 1.93 bits per heavy atom. The van der Waals surface area contributed by atoms with Crippen LogP contribution >= 0.6 is 27.5 Å². The number of nitrogens with zero attached hydrogens (tertiary/aromatic N) is 1. The van der Waals surface area contributed by atoms with Gasteiger partial charge in [-0.25, -0.2) is 9.69 Å². The molecule has 4 amide bonds. The van der Waals surface area contributed by atoms with Gasteiger partial charge in [-0.1, -0.05) is 27.5 Å². The van der Waals surface area contributed by atoms with Crippen LogP contribution in [-0.4, -0.2) is 30.1 Å². The number of hydrogen-bond acceptors (Lipinski definition) is 5. The third-order valence-electron chi connectivity index (χ3n) is 4.09. The van der Waals surface area contributed by atoms with Gasteiger partial charge in [-0.15, -0.1) is 0 Å². The largest absolute Gasteiger partial charge is 0.504 e. The number of aryl methyl sites for hydroxylation is 1. The molecule has 0 aliphatic carbocycles. The number of carbonyl (C=O) groups is 3. The van der Waals surface area contributed by atoms with Crippen LogP contribution in [-0.2, 0) is 9.59 Å². The Morgan fingerprint density at radius 3 is 2.57 bits per heavy atom. The Hall–Kier alpha value is -2.84. The zero-order valence-electron chi connectivity index (χ0n) is 14.7. The van der Waals surface area contributed by atoms with Crippen molar-refractivity contribution in [2.75, 3.05) is 12.0 Å². The molecule has 0 atom stereocenters. The number of nitrogens with one attached hydrogen (secondary N) is 1. The highest BCUT2D eigenvalue weighted by Crippen LogP contribution is 2.35. The fourth-order valence-electron chi connectivity index (χ4n) is 2.68. The molecule has 28 heavy (non-hydrogen) atoms. The third kappa shape index (κ3) is 3.61. The van der Waals surface area contributed by atoms with Crippen LogP contribution in [0.5, 0.6) is 11.5 Å². The molecule has 1 heterocycles. The molecule has 0 spiro atoms. The molecule has 0 radical (unpaired) electrons. The van der Waals surface area contributed by atoms with E-state index in [2.05, 4.69) is 21.2 Å². The number of imide groups is 2. The van der Waals surface area contributed by atoms with Crippen molar-refractivity contribution in [1.82, 2.24) is 5.32 Å². The summed E-state index contributed by atoms with van der Waals surface area (Å²) in [6.45, 7) is 1.80. The predicted octanol–water partition coefficient (Wildman–Crippen LogP) is 3.79. The summed E-state index contributed by atoms with van der Waals surface area (Å²) < 4.78 is 5.83. The lowest BCUT2D eigenvalue weighted by atomic mass is 10.1. The van der Waals surface area contributed by atoms with Crippen molar-refractivity contribution in [3.05, 3.63) is 56.5 Å². The highest BCUT2D eigenvalue weighted by atomic mass is 79.9. The van der Waals surface area contributed by atoms with Gasteiger partial charge in [0.1, 0.15) is 5.57 Å². The first-order valence-electron chi connectivity index (χ1n) is 7.97. The Kier molecular flexibility index (Phi) is 5.44. The second kappa shape index (κ2) is 7.65. The summed E-state index contributed by atoms with van der Waals surface area (Å²) in [6, 6.07) is 6.80. The summed E-state index contributed by atoms with van der Waals surface area (Å²) in [6.07, 6.45) is 1.16. The third-order valence-corrected chi connectivity index (χ3v) is 5.20. The van der Waals surface area contributed by atoms with E-state index in [0.29, 0.717) is 5.69 Å². The van der Waals surface area contributed by atoms with Crippen molar-refractivity contribution in [3.8, 4) is 11.5 Å². The molecule has 0 aromatic heterocycles. The monoisotopic (exact) mass is 464 g/mol. The van der Waals surface area contributed by atoms with E-state index < -0.39 is 17.8 Å². The normalized spacial score (nSPS) is 15.8. The van der Waals surface area contributed by atoms with E-state index in [-0.39, 0.29) is 27.7 Å². The highest BCUT2D eigenvalue weighted by molar-refractivity contribution is 9.10. The number of barbiturate groups is 1. The summed E-state index contributed by atoms with van der Waals surface area (Å²) >= 11 is 9.35. The number of anilines is 1. The zero-order chi connectivity index (χ0) is 20.6. The minimum absolute atomic E-state index is 0.0829. The van der Waals surface area contributed by atoms with Crippen LogP contribution < -0.4 is 15.0 Å². The van der Waals surface area contributed by atoms with Crippen LogP contribution in [0.2, 0.25) is 5.02 Å². The Morgan fingerprint density at radius 1 is 1.21 bits per heavy atom. The molecule has 2 aromatic rings. The molecular formula is C19H14BrClN2O5. The van der Waals surface area contributed by atoms with Gasteiger partial charge >= 0.3 is 6.03 Å². The number of phenols is 1. The van der Waals surface area contributed by atoms with Gasteiger partial charge in [-0.3, -0.25) is 14.9 Å². The topological polar surface area (TPSA) is 95.9 Å². The molecule has 1 fully saturated rings. The molecule has 7 nitrogen and oxygen atoms in total. The van der Waals surface area contributed by atoms with E-state index in [4.69, 9.17) is 16.3 Å². The van der Waals surface area contributed by atoms with Gasteiger partial charge in [0, 0.05) is 21.1 Å². The standard InChI is InChI=1S/C19H14BrClN2O5/c1-9-5-12(3-4-14(9)20)23-18(26)13(17(25)22-19(23)27)7-10-6-11(21)8-15(28-2)16(10)24/h3-8,24H,1-2H3,(H,22,25,27)/b13-7+. The van der Waals surface area contributed by atoms with E-state index in [9.17, 15) is 19.5 Å². The first-order chi connectivity index (χ1) is 13.2. The second-order valence-electron chi connectivity index (χ2n) is 5.94. The number of phenolic OH excluding ortho intramolecular Hbond substituents is 1. The molecule has 1 saturated heterocycles. The van der Waals surface area contributed by atoms with Crippen molar-refractivity contribution in [1.29, 1.82) is 0 Å². The number of hydrogen-bond donors (Lipinski definition) is 2. The minimum atomic E-state index is -0.876. The molecule has 9 heteroatoms. The second-order valence-corrected chi connectivity index (χ2v) is 7.23. The lowest BCUT2D eigenvalue weighted by Gasteiger charge is -2.26. The van der Waals surface area contributed by atoms with Crippen LogP contribution in [0.25, 0.3) is 6.08 Å². The molecule has 3 rings (SSSR count). The lowest BCUT2D eigenvalue weighted by Crippen LogP contribution is -2.54. The number of benzene rings is 2. The maximum Gasteiger partial charge on any atom is 0.335 e. The molecule has 0 unspecified atom stereocenters. The number of rotatable bonds is 3.